The molecule has 4 aliphatic rings. The molecule has 1 saturated carbocycles. The molecule has 0 bridgehead atoms. The van der Waals surface area contributed by atoms with Crippen LogP contribution in [-0.4, -0.2) is 97.2 Å². The number of hydrogen-bond acceptors (Lipinski definition) is 11. The number of piperazine rings is 1. The number of anilines is 3. The Bertz CT molecular complexity index is 2330. The van der Waals surface area contributed by atoms with Gasteiger partial charge in [0.05, 0.1) is 30.2 Å². The van der Waals surface area contributed by atoms with E-state index in [-0.39, 0.29) is 23.8 Å². The van der Waals surface area contributed by atoms with Crippen LogP contribution >= 0.6 is 23.5 Å². The summed E-state index contributed by atoms with van der Waals surface area (Å²) in [5, 5.41) is 5.18. The van der Waals surface area contributed by atoms with Gasteiger partial charge < -0.3 is 29.6 Å². The van der Waals surface area contributed by atoms with Crippen LogP contribution < -0.4 is 25.2 Å². The van der Waals surface area contributed by atoms with Crippen LogP contribution in [0.5, 0.6) is 11.5 Å². The van der Waals surface area contributed by atoms with E-state index in [9.17, 15) is 9.59 Å². The van der Waals surface area contributed by atoms with Crippen LogP contribution in [0.15, 0.2) is 84.0 Å². The summed E-state index contributed by atoms with van der Waals surface area (Å²) in [4.78, 5) is 48.1. The maximum Gasteiger partial charge on any atom is 0.265 e. The summed E-state index contributed by atoms with van der Waals surface area (Å²) >= 11 is 7.58. The van der Waals surface area contributed by atoms with E-state index in [0.717, 1.165) is 123 Å². The summed E-state index contributed by atoms with van der Waals surface area (Å²) in [6, 6.07) is 21.8. The molecule has 0 radical (unpaired) electrons. The van der Waals surface area contributed by atoms with Gasteiger partial charge in [0.15, 0.2) is 0 Å². The van der Waals surface area contributed by atoms with E-state index >= 15 is 0 Å². The molecule has 13 nitrogen and oxygen atoms in total. The zero-order valence-corrected chi connectivity index (χ0v) is 35.3. The average Bonchev–Trinajstić information content (AvgIpc) is 4.02. The number of carbonyl (C=O) groups excluding carboxylic acids is 2. The number of amides is 2. The molecule has 0 spiro atoms. The molecule has 1 atom stereocenters. The van der Waals surface area contributed by atoms with Crippen LogP contribution in [-0.2, 0) is 27.3 Å². The Balaban J connectivity index is 0.880. The first-order chi connectivity index (χ1) is 29.4. The molecular weight excluding hydrogens is 800 g/mol. The summed E-state index contributed by atoms with van der Waals surface area (Å²) in [5.74, 6) is 1.69. The first-order valence-electron chi connectivity index (χ1n) is 20.9. The molecule has 3 fully saturated rings. The summed E-state index contributed by atoms with van der Waals surface area (Å²) < 4.78 is 15.0. The van der Waals surface area contributed by atoms with Crippen LogP contribution in [0.2, 0.25) is 5.02 Å². The number of carbonyl (C=O) groups is 2. The lowest BCUT2D eigenvalue weighted by molar-refractivity contribution is -0.136. The number of aromatic nitrogens is 2. The molecule has 3 aliphatic heterocycles. The molecular formula is C45H51ClN8O5S. The molecule has 15 heteroatoms. The highest BCUT2D eigenvalue weighted by atomic mass is 35.5. The first-order valence-corrected chi connectivity index (χ1v) is 22.1. The van der Waals surface area contributed by atoms with Gasteiger partial charge in [-0.1, -0.05) is 17.7 Å². The van der Waals surface area contributed by atoms with Crippen molar-refractivity contribution in [1.82, 2.24) is 24.5 Å². The maximum absolute atomic E-state index is 13.9. The van der Waals surface area contributed by atoms with Crippen LogP contribution in [0.1, 0.15) is 47.2 Å². The molecule has 9 rings (SSSR count). The van der Waals surface area contributed by atoms with Crippen molar-refractivity contribution in [3.8, 4) is 11.5 Å². The van der Waals surface area contributed by atoms with Crippen LogP contribution in [0.25, 0.3) is 11.0 Å². The Labute approximate surface area is 359 Å². The fraction of sp³-hybridized carbons (Fsp3) is 0.400. The SMILES string of the molecule is CONc1cc(SNC(=O)c2ccc(N3CCN(CC4Cc5ccc(Cl)cc5CN4C(=O)C4CC4)CC3)cc2Oc2cnc3[nH]ccc3c2)ccc1NCC1CCOCC1. The van der Waals surface area contributed by atoms with Gasteiger partial charge in [0.25, 0.3) is 5.91 Å². The third-order valence-corrected chi connectivity index (χ3v) is 13.0. The maximum atomic E-state index is 13.9. The van der Waals surface area contributed by atoms with Gasteiger partial charge in [0, 0.05) is 104 Å². The van der Waals surface area contributed by atoms with E-state index in [2.05, 4.69) is 46.3 Å². The molecule has 2 saturated heterocycles. The number of nitrogens with zero attached hydrogens (tertiary/aromatic N) is 4. The van der Waals surface area contributed by atoms with Crippen molar-refractivity contribution in [2.75, 3.05) is 75.3 Å². The molecule has 1 aliphatic carbocycles. The van der Waals surface area contributed by atoms with Crippen molar-refractivity contribution < 1.29 is 23.9 Å². The van der Waals surface area contributed by atoms with Gasteiger partial charge in [0.2, 0.25) is 5.91 Å². The lowest BCUT2D eigenvalue weighted by atomic mass is 9.93. The summed E-state index contributed by atoms with van der Waals surface area (Å²) in [6.45, 7) is 7.19. The van der Waals surface area contributed by atoms with Crippen molar-refractivity contribution in [3.05, 3.63) is 101 Å². The molecule has 5 aromatic rings. The van der Waals surface area contributed by atoms with Gasteiger partial charge in [0.1, 0.15) is 17.1 Å². The highest BCUT2D eigenvalue weighted by Crippen LogP contribution is 2.37. The Morgan fingerprint density at radius 1 is 0.950 bits per heavy atom. The van der Waals surface area contributed by atoms with E-state index in [0.29, 0.717) is 34.5 Å². The zero-order chi connectivity index (χ0) is 41.0. The standard InChI is InChI=1S/C45H51ClN8O5S/c1-57-50-41-24-38(7-9-40(41)48-25-29-11-18-58-19-12-29)60-51-44(55)39-8-6-35(23-42(39)59-37-22-32-10-13-47-43(32)49-26-37)53-16-14-52(15-17-53)28-36-21-31-4-5-34(46)20-33(31)27-54(36)45(56)30-2-3-30/h4-10,13,20,22-24,26,29-30,36,48,50H,2-3,11-12,14-19,21,25,27-28H2,1H3,(H,47,49)(H,51,55). The van der Waals surface area contributed by atoms with E-state index in [4.69, 9.17) is 25.9 Å². The lowest BCUT2D eigenvalue weighted by Crippen LogP contribution is -2.54. The van der Waals surface area contributed by atoms with E-state index in [1.807, 2.05) is 66.9 Å². The predicted molar refractivity (Wildman–Crippen MR) is 236 cm³/mol. The minimum absolute atomic E-state index is 0.125. The second-order valence-electron chi connectivity index (χ2n) is 16.2. The number of H-pyrrole nitrogens is 1. The quantitative estimate of drug-likeness (QED) is 0.0646. The van der Waals surface area contributed by atoms with E-state index in [1.165, 1.54) is 17.5 Å². The van der Waals surface area contributed by atoms with Crippen molar-refractivity contribution in [2.45, 2.75) is 49.6 Å². The first kappa shape index (κ1) is 40.4. The Kier molecular flexibility index (Phi) is 12.3. The van der Waals surface area contributed by atoms with Crippen molar-refractivity contribution >= 4 is 63.5 Å². The molecule has 60 heavy (non-hydrogen) atoms. The second kappa shape index (κ2) is 18.3. The topological polar surface area (TPSA) is 136 Å². The molecule has 3 aromatic carbocycles. The molecule has 2 amide bonds. The van der Waals surface area contributed by atoms with Gasteiger partial charge in [-0.05, 0) is 116 Å². The fourth-order valence-corrected chi connectivity index (χ4v) is 9.30. The number of aromatic amines is 1. The van der Waals surface area contributed by atoms with Crippen molar-refractivity contribution in [1.29, 1.82) is 0 Å². The number of rotatable bonds is 14. The summed E-state index contributed by atoms with van der Waals surface area (Å²) in [5.41, 5.74) is 9.26. The highest BCUT2D eigenvalue weighted by molar-refractivity contribution is 7.98. The average molecular weight is 851 g/mol. The highest BCUT2D eigenvalue weighted by Gasteiger charge is 2.39. The largest absolute Gasteiger partial charge is 0.455 e. The predicted octanol–water partition coefficient (Wildman–Crippen LogP) is 7.74. The van der Waals surface area contributed by atoms with E-state index in [1.54, 1.807) is 13.3 Å². The fourth-order valence-electron chi connectivity index (χ4n) is 8.47. The molecule has 1 unspecified atom stereocenters. The monoisotopic (exact) mass is 850 g/mol. The van der Waals surface area contributed by atoms with Crippen LogP contribution in [0, 0.1) is 11.8 Å². The Morgan fingerprint density at radius 2 is 1.80 bits per heavy atom. The lowest BCUT2D eigenvalue weighted by Gasteiger charge is -2.42. The molecule has 4 N–H and O–H groups in total. The smallest absolute Gasteiger partial charge is 0.265 e. The zero-order valence-electron chi connectivity index (χ0n) is 33.8. The molecule has 5 heterocycles. The van der Waals surface area contributed by atoms with E-state index < -0.39 is 0 Å². The molecule has 2 aromatic heterocycles. The Hall–Kier alpha value is -4.99. The van der Waals surface area contributed by atoms with Crippen LogP contribution in [0.3, 0.4) is 0 Å². The third-order valence-electron chi connectivity index (χ3n) is 12.0. The van der Waals surface area contributed by atoms with Crippen molar-refractivity contribution in [3.63, 3.8) is 0 Å². The Morgan fingerprint density at radius 3 is 2.62 bits per heavy atom. The second-order valence-corrected chi connectivity index (χ2v) is 17.5. The summed E-state index contributed by atoms with van der Waals surface area (Å²) in [7, 11) is 1.58. The normalized spacial score (nSPS) is 18.6. The number of ether oxygens (including phenoxy) is 2. The van der Waals surface area contributed by atoms with Gasteiger partial charge in [-0.15, -0.1) is 0 Å². The summed E-state index contributed by atoms with van der Waals surface area (Å²) in [6.07, 6.45) is 8.39. The minimum Gasteiger partial charge on any atom is -0.455 e. The number of pyridine rings is 1. The minimum atomic E-state index is -0.286. The molecule has 314 valence electrons. The number of hydrogen-bond donors (Lipinski definition) is 4. The van der Waals surface area contributed by atoms with Gasteiger partial charge in [-0.2, -0.15) is 0 Å². The number of halogens is 1. The van der Waals surface area contributed by atoms with Crippen LogP contribution in [0.4, 0.5) is 17.1 Å². The number of benzene rings is 3. The van der Waals surface area contributed by atoms with Gasteiger partial charge >= 0.3 is 0 Å². The van der Waals surface area contributed by atoms with Gasteiger partial charge in [-0.25, -0.2) is 4.98 Å². The number of fused-ring (bicyclic) bond motifs is 2. The third kappa shape index (κ3) is 9.48. The number of nitrogens with one attached hydrogen (secondary N) is 4. The van der Waals surface area contributed by atoms with Crippen molar-refractivity contribution in [2.24, 2.45) is 11.8 Å². The van der Waals surface area contributed by atoms with Gasteiger partial charge in [-0.3, -0.25) is 29.5 Å².